The molecule has 0 saturated carbocycles. The van der Waals surface area contributed by atoms with Crippen LogP contribution in [0.4, 0.5) is 17.5 Å². The molecule has 11 heteroatoms. The van der Waals surface area contributed by atoms with Crippen LogP contribution in [0.1, 0.15) is 11.5 Å². The van der Waals surface area contributed by atoms with E-state index in [2.05, 4.69) is 30.9 Å². The molecule has 2 heterocycles. The quantitative estimate of drug-likeness (QED) is 0.372. The third-order valence-corrected chi connectivity index (χ3v) is 2.82. The first-order valence-corrected chi connectivity index (χ1v) is 6.09. The van der Waals surface area contributed by atoms with Gasteiger partial charge in [-0.3, -0.25) is 15.5 Å². The molecule has 0 fully saturated rings. The Bertz CT molecular complexity index is 654. The number of nitrogens with two attached hydrogens (primary N) is 1. The van der Waals surface area contributed by atoms with E-state index in [1.807, 2.05) is 7.05 Å². The number of hydrazine groups is 1. The van der Waals surface area contributed by atoms with Gasteiger partial charge in [0, 0.05) is 20.0 Å². The number of hydrogen-bond donors (Lipinski definition) is 3. The highest BCUT2D eigenvalue weighted by Crippen LogP contribution is 2.26. The SMILES string of the molecule is Cc1nc(NN)nc(NCCc2nncn2C)c1[N+](=O)[O-]. The first kappa shape index (κ1) is 14.6. The molecule has 0 aliphatic carbocycles. The normalized spacial score (nSPS) is 10.4. The van der Waals surface area contributed by atoms with Crippen LogP contribution >= 0.6 is 0 Å². The van der Waals surface area contributed by atoms with Crippen LogP contribution in [0.3, 0.4) is 0 Å². The summed E-state index contributed by atoms with van der Waals surface area (Å²) in [6.45, 7) is 1.93. The lowest BCUT2D eigenvalue weighted by molar-refractivity contribution is -0.385. The highest BCUT2D eigenvalue weighted by atomic mass is 16.6. The van der Waals surface area contributed by atoms with E-state index in [4.69, 9.17) is 5.84 Å². The maximum Gasteiger partial charge on any atom is 0.332 e. The number of rotatable bonds is 6. The fourth-order valence-electron chi connectivity index (χ4n) is 1.80. The molecule has 0 amide bonds. The van der Waals surface area contributed by atoms with Crippen molar-refractivity contribution in [2.45, 2.75) is 13.3 Å². The lowest BCUT2D eigenvalue weighted by atomic mass is 10.3. The van der Waals surface area contributed by atoms with Gasteiger partial charge in [-0.05, 0) is 6.92 Å². The summed E-state index contributed by atoms with van der Waals surface area (Å²) in [6, 6.07) is 0. The monoisotopic (exact) mass is 293 g/mol. The van der Waals surface area contributed by atoms with Gasteiger partial charge in [0.1, 0.15) is 17.8 Å². The van der Waals surface area contributed by atoms with E-state index < -0.39 is 4.92 Å². The smallest absolute Gasteiger partial charge is 0.332 e. The molecule has 0 spiro atoms. The van der Waals surface area contributed by atoms with Gasteiger partial charge in [0.25, 0.3) is 0 Å². The average Bonchev–Trinajstić information content (AvgIpc) is 2.83. The Hall–Kier alpha value is -2.82. The Morgan fingerprint density at radius 2 is 2.24 bits per heavy atom. The number of aromatic nitrogens is 5. The Balaban J connectivity index is 2.16. The fourth-order valence-corrected chi connectivity index (χ4v) is 1.80. The zero-order valence-electron chi connectivity index (χ0n) is 11.6. The summed E-state index contributed by atoms with van der Waals surface area (Å²) in [5.74, 6) is 6.23. The molecule has 0 aliphatic rings. The van der Waals surface area contributed by atoms with Crippen LogP contribution in [0.15, 0.2) is 6.33 Å². The van der Waals surface area contributed by atoms with Crippen molar-refractivity contribution in [3.63, 3.8) is 0 Å². The molecule has 2 aromatic heterocycles. The fraction of sp³-hybridized carbons (Fsp3) is 0.400. The van der Waals surface area contributed by atoms with Crippen LogP contribution in [0, 0.1) is 17.0 Å². The second kappa shape index (κ2) is 6.09. The van der Waals surface area contributed by atoms with Crippen LogP contribution in [0.25, 0.3) is 0 Å². The third kappa shape index (κ3) is 3.20. The molecule has 2 aromatic rings. The molecule has 0 atom stereocenters. The number of nitrogens with zero attached hydrogens (tertiary/aromatic N) is 6. The van der Waals surface area contributed by atoms with Crippen molar-refractivity contribution < 1.29 is 4.92 Å². The van der Waals surface area contributed by atoms with E-state index in [1.54, 1.807) is 10.9 Å². The van der Waals surface area contributed by atoms with Crippen molar-refractivity contribution in [2.24, 2.45) is 12.9 Å². The topological polar surface area (TPSA) is 150 Å². The molecule has 11 nitrogen and oxygen atoms in total. The van der Waals surface area contributed by atoms with Gasteiger partial charge in [0.2, 0.25) is 11.8 Å². The molecule has 4 N–H and O–H groups in total. The second-order valence-electron chi connectivity index (χ2n) is 4.27. The molecule has 0 aliphatic heterocycles. The number of nitrogen functional groups attached to an aromatic ring is 1. The van der Waals surface area contributed by atoms with E-state index in [1.165, 1.54) is 6.92 Å². The van der Waals surface area contributed by atoms with Crippen molar-refractivity contribution in [1.82, 2.24) is 24.7 Å². The van der Waals surface area contributed by atoms with Crippen molar-refractivity contribution >= 4 is 17.5 Å². The van der Waals surface area contributed by atoms with Crippen molar-refractivity contribution in [3.8, 4) is 0 Å². The molecule has 0 unspecified atom stereocenters. The molecule has 21 heavy (non-hydrogen) atoms. The Morgan fingerprint density at radius 1 is 1.48 bits per heavy atom. The Kier molecular flexibility index (Phi) is 4.23. The highest BCUT2D eigenvalue weighted by molar-refractivity contribution is 5.60. The van der Waals surface area contributed by atoms with Gasteiger partial charge in [-0.15, -0.1) is 10.2 Å². The van der Waals surface area contributed by atoms with Gasteiger partial charge in [-0.25, -0.2) is 10.8 Å². The summed E-state index contributed by atoms with van der Waals surface area (Å²) >= 11 is 0. The molecule has 112 valence electrons. The summed E-state index contributed by atoms with van der Waals surface area (Å²) in [4.78, 5) is 18.4. The summed E-state index contributed by atoms with van der Waals surface area (Å²) < 4.78 is 1.77. The van der Waals surface area contributed by atoms with Crippen LogP contribution < -0.4 is 16.6 Å². The van der Waals surface area contributed by atoms with Crippen molar-refractivity contribution in [1.29, 1.82) is 0 Å². The van der Waals surface area contributed by atoms with E-state index in [9.17, 15) is 10.1 Å². The minimum atomic E-state index is -0.527. The van der Waals surface area contributed by atoms with Gasteiger partial charge < -0.3 is 9.88 Å². The number of nitro groups is 1. The summed E-state index contributed by atoms with van der Waals surface area (Å²) in [5, 5.41) is 21.7. The largest absolute Gasteiger partial charge is 0.364 e. The maximum atomic E-state index is 11.1. The van der Waals surface area contributed by atoms with Gasteiger partial charge in [-0.2, -0.15) is 4.98 Å². The van der Waals surface area contributed by atoms with E-state index in [0.29, 0.717) is 13.0 Å². The summed E-state index contributed by atoms with van der Waals surface area (Å²) in [5.41, 5.74) is 2.33. The van der Waals surface area contributed by atoms with Crippen LogP contribution in [-0.4, -0.2) is 36.2 Å². The predicted octanol–water partition coefficient (Wildman–Crippen LogP) is -0.238. The number of hydrogen-bond acceptors (Lipinski definition) is 9. The van der Waals surface area contributed by atoms with Gasteiger partial charge in [0.15, 0.2) is 0 Å². The van der Waals surface area contributed by atoms with E-state index >= 15 is 0 Å². The number of aryl methyl sites for hydroxylation is 2. The Morgan fingerprint density at radius 3 is 2.81 bits per heavy atom. The minimum absolute atomic E-state index is 0.110. The zero-order chi connectivity index (χ0) is 15.4. The van der Waals surface area contributed by atoms with Crippen molar-refractivity contribution in [3.05, 3.63) is 28.0 Å². The molecule has 2 rings (SSSR count). The van der Waals surface area contributed by atoms with Crippen LogP contribution in [0.5, 0.6) is 0 Å². The van der Waals surface area contributed by atoms with Gasteiger partial charge in [-0.1, -0.05) is 0 Å². The molecule has 0 aromatic carbocycles. The number of nitrogens with one attached hydrogen (secondary N) is 2. The van der Waals surface area contributed by atoms with Crippen molar-refractivity contribution in [2.75, 3.05) is 17.3 Å². The Labute approximate surface area is 119 Å². The zero-order valence-corrected chi connectivity index (χ0v) is 11.6. The molecule has 0 bridgehead atoms. The lowest BCUT2D eigenvalue weighted by Crippen LogP contribution is -2.16. The number of anilines is 2. The molecule has 0 saturated heterocycles. The standard InChI is InChI=1S/C10H15N9O2/c1-6-8(19(20)21)9(15-10(14-6)16-11)12-4-3-7-17-13-5-18(7)2/h5H,3-4,11H2,1-2H3,(H2,12,14,15,16). The summed E-state index contributed by atoms with van der Waals surface area (Å²) in [7, 11) is 1.82. The maximum absolute atomic E-state index is 11.1. The second-order valence-corrected chi connectivity index (χ2v) is 4.27. The van der Waals surface area contributed by atoms with Crippen LogP contribution in [-0.2, 0) is 13.5 Å². The third-order valence-electron chi connectivity index (χ3n) is 2.82. The van der Waals surface area contributed by atoms with Gasteiger partial charge >= 0.3 is 5.69 Å². The molecule has 0 radical (unpaired) electrons. The van der Waals surface area contributed by atoms with E-state index in [0.717, 1.165) is 5.82 Å². The lowest BCUT2D eigenvalue weighted by Gasteiger charge is -2.09. The first-order valence-electron chi connectivity index (χ1n) is 6.09. The van der Waals surface area contributed by atoms with Crippen LogP contribution in [0.2, 0.25) is 0 Å². The molecular formula is C10H15N9O2. The minimum Gasteiger partial charge on any atom is -0.364 e. The first-order chi connectivity index (χ1) is 10.0. The predicted molar refractivity (Wildman–Crippen MR) is 74.4 cm³/mol. The molecular weight excluding hydrogens is 278 g/mol. The van der Waals surface area contributed by atoms with Gasteiger partial charge in [0.05, 0.1) is 4.92 Å². The highest BCUT2D eigenvalue weighted by Gasteiger charge is 2.21. The van der Waals surface area contributed by atoms with E-state index in [-0.39, 0.29) is 23.1 Å². The summed E-state index contributed by atoms with van der Waals surface area (Å²) in [6.07, 6.45) is 2.13. The average molecular weight is 293 g/mol.